The second-order valence-electron chi connectivity index (χ2n) is 7.48. The Labute approximate surface area is 151 Å². The molecule has 0 radical (unpaired) electrons. The van der Waals surface area contributed by atoms with E-state index in [-0.39, 0.29) is 12.3 Å². The molecule has 5 heteroatoms. The van der Waals surface area contributed by atoms with Crippen molar-refractivity contribution in [3.8, 4) is 11.3 Å². The van der Waals surface area contributed by atoms with Gasteiger partial charge >= 0.3 is 5.97 Å². The fourth-order valence-corrected chi connectivity index (χ4v) is 3.38. The maximum atomic E-state index is 12.8. The molecule has 2 aromatic carbocycles. The molecule has 0 fully saturated rings. The van der Waals surface area contributed by atoms with Crippen molar-refractivity contribution in [2.45, 2.75) is 32.8 Å². The highest BCUT2D eigenvalue weighted by Crippen LogP contribution is 2.40. The first kappa shape index (κ1) is 16.4. The number of rotatable bonds is 1. The molecule has 1 amide bonds. The van der Waals surface area contributed by atoms with Gasteiger partial charge in [-0.15, -0.1) is 0 Å². The van der Waals surface area contributed by atoms with Crippen LogP contribution < -0.4 is 5.32 Å². The lowest BCUT2D eigenvalue weighted by Gasteiger charge is -2.21. The van der Waals surface area contributed by atoms with Crippen molar-refractivity contribution in [2.75, 3.05) is 5.32 Å². The van der Waals surface area contributed by atoms with Gasteiger partial charge in [0, 0.05) is 16.5 Å². The van der Waals surface area contributed by atoms with Crippen LogP contribution in [0.3, 0.4) is 0 Å². The van der Waals surface area contributed by atoms with Gasteiger partial charge in [-0.1, -0.05) is 24.3 Å². The summed E-state index contributed by atoms with van der Waals surface area (Å²) >= 11 is 0. The third-order valence-corrected chi connectivity index (χ3v) is 4.36. The minimum atomic E-state index is -0.600. The van der Waals surface area contributed by atoms with Gasteiger partial charge in [0.25, 0.3) is 0 Å². The van der Waals surface area contributed by atoms with Crippen LogP contribution in [0.1, 0.15) is 36.7 Å². The van der Waals surface area contributed by atoms with E-state index in [0.29, 0.717) is 16.8 Å². The molecule has 1 aliphatic heterocycles. The van der Waals surface area contributed by atoms with Gasteiger partial charge in [-0.05, 0) is 44.5 Å². The molecule has 4 rings (SSSR count). The van der Waals surface area contributed by atoms with Crippen LogP contribution in [0.5, 0.6) is 0 Å². The van der Waals surface area contributed by atoms with Crippen molar-refractivity contribution < 1.29 is 14.3 Å². The minimum Gasteiger partial charge on any atom is -0.456 e. The molecule has 26 heavy (non-hydrogen) atoms. The van der Waals surface area contributed by atoms with Crippen LogP contribution in [-0.4, -0.2) is 22.5 Å². The van der Waals surface area contributed by atoms with Crippen LogP contribution in [-0.2, 0) is 16.0 Å². The molecule has 0 saturated heterocycles. The molecular formula is C21H20N2O3. The third-order valence-electron chi connectivity index (χ3n) is 4.36. The Morgan fingerprint density at radius 2 is 1.85 bits per heavy atom. The number of esters is 1. The summed E-state index contributed by atoms with van der Waals surface area (Å²) in [5, 5.41) is 3.90. The quantitative estimate of drug-likeness (QED) is 0.645. The molecule has 5 nitrogen and oxygen atoms in total. The van der Waals surface area contributed by atoms with E-state index in [1.54, 1.807) is 12.1 Å². The van der Waals surface area contributed by atoms with Crippen LogP contribution in [0.4, 0.5) is 5.69 Å². The molecule has 0 atom stereocenters. The molecular weight excluding hydrogens is 328 g/mol. The summed E-state index contributed by atoms with van der Waals surface area (Å²) in [7, 11) is 0. The summed E-state index contributed by atoms with van der Waals surface area (Å²) in [4.78, 5) is 28.6. The van der Waals surface area contributed by atoms with E-state index >= 15 is 0 Å². The van der Waals surface area contributed by atoms with Crippen molar-refractivity contribution in [1.82, 2.24) is 4.98 Å². The van der Waals surface area contributed by atoms with Gasteiger partial charge in [0.15, 0.2) is 0 Å². The molecule has 0 unspecified atom stereocenters. The Morgan fingerprint density at radius 1 is 1.08 bits per heavy atom. The molecule has 0 spiro atoms. The zero-order chi connectivity index (χ0) is 18.5. The van der Waals surface area contributed by atoms with Crippen LogP contribution in [0.15, 0.2) is 42.5 Å². The first-order chi connectivity index (χ1) is 12.3. The number of hydrogen-bond donors (Lipinski definition) is 2. The number of aromatic amines is 1. The van der Waals surface area contributed by atoms with E-state index in [9.17, 15) is 9.59 Å². The molecule has 0 bridgehead atoms. The number of ether oxygens (including phenoxy) is 1. The minimum absolute atomic E-state index is 0.101. The van der Waals surface area contributed by atoms with Crippen LogP contribution in [0.25, 0.3) is 22.2 Å². The average Bonchev–Trinajstić information content (AvgIpc) is 2.84. The predicted molar refractivity (Wildman–Crippen MR) is 101 cm³/mol. The SMILES string of the molecule is CC(C)(C)OC(=O)c1cccc2c1-c1[nH]c3ccccc3c1CC(=O)N2. The summed E-state index contributed by atoms with van der Waals surface area (Å²) in [5.74, 6) is -0.508. The largest absolute Gasteiger partial charge is 0.456 e. The lowest BCUT2D eigenvalue weighted by Crippen LogP contribution is -2.24. The Balaban J connectivity index is 1.98. The Morgan fingerprint density at radius 3 is 2.62 bits per heavy atom. The standard InChI is InChI=1S/C21H20N2O3/c1-21(2,3)26-20(25)13-8-6-10-16-18(13)19-14(11-17(24)22-16)12-7-4-5-9-15(12)23-19/h4-10,23H,11H2,1-3H3,(H,22,24). The molecule has 0 aliphatic carbocycles. The smallest absolute Gasteiger partial charge is 0.339 e. The number of fused-ring (bicyclic) bond motifs is 5. The van der Waals surface area contributed by atoms with E-state index in [2.05, 4.69) is 10.3 Å². The first-order valence-corrected chi connectivity index (χ1v) is 8.59. The van der Waals surface area contributed by atoms with E-state index < -0.39 is 11.6 Å². The summed E-state index contributed by atoms with van der Waals surface area (Å²) in [5.41, 5.74) is 3.76. The zero-order valence-corrected chi connectivity index (χ0v) is 15.0. The lowest BCUT2D eigenvalue weighted by atomic mass is 9.98. The number of amides is 1. The van der Waals surface area contributed by atoms with Crippen LogP contribution >= 0.6 is 0 Å². The predicted octanol–water partition coefficient (Wildman–Crippen LogP) is 4.28. The van der Waals surface area contributed by atoms with Crippen molar-refractivity contribution in [3.63, 3.8) is 0 Å². The van der Waals surface area contributed by atoms with Gasteiger partial charge in [-0.3, -0.25) is 4.79 Å². The van der Waals surface area contributed by atoms with Crippen LogP contribution in [0, 0.1) is 0 Å². The maximum absolute atomic E-state index is 12.8. The molecule has 0 saturated carbocycles. The van der Waals surface area contributed by atoms with Gasteiger partial charge in [-0.25, -0.2) is 4.79 Å². The topological polar surface area (TPSA) is 71.2 Å². The van der Waals surface area contributed by atoms with Crippen molar-refractivity contribution in [2.24, 2.45) is 0 Å². The number of aromatic nitrogens is 1. The van der Waals surface area contributed by atoms with E-state index in [1.807, 2.05) is 51.1 Å². The zero-order valence-electron chi connectivity index (χ0n) is 15.0. The van der Waals surface area contributed by atoms with Gasteiger partial charge < -0.3 is 15.0 Å². The monoisotopic (exact) mass is 348 g/mol. The highest BCUT2D eigenvalue weighted by atomic mass is 16.6. The van der Waals surface area contributed by atoms with Gasteiger partial charge in [0.05, 0.1) is 23.4 Å². The Kier molecular flexibility index (Phi) is 3.61. The van der Waals surface area contributed by atoms with E-state index in [4.69, 9.17) is 4.74 Å². The normalized spacial score (nSPS) is 13.6. The number of carbonyl (C=O) groups is 2. The number of hydrogen-bond acceptors (Lipinski definition) is 3. The maximum Gasteiger partial charge on any atom is 0.339 e. The Bertz CT molecular complexity index is 1040. The summed E-state index contributed by atoms with van der Waals surface area (Å²) in [6.45, 7) is 5.51. The number of benzene rings is 2. The van der Waals surface area contributed by atoms with E-state index in [0.717, 1.165) is 22.2 Å². The van der Waals surface area contributed by atoms with Gasteiger partial charge in [-0.2, -0.15) is 0 Å². The number of nitrogens with one attached hydrogen (secondary N) is 2. The van der Waals surface area contributed by atoms with Gasteiger partial charge in [0.1, 0.15) is 5.60 Å². The van der Waals surface area contributed by atoms with Gasteiger partial charge in [0.2, 0.25) is 5.91 Å². The van der Waals surface area contributed by atoms with E-state index in [1.165, 1.54) is 0 Å². The summed E-state index contributed by atoms with van der Waals surface area (Å²) < 4.78 is 5.58. The highest BCUT2D eigenvalue weighted by molar-refractivity contribution is 6.10. The van der Waals surface area contributed by atoms with Crippen molar-refractivity contribution in [3.05, 3.63) is 53.6 Å². The number of anilines is 1. The Hall–Kier alpha value is -3.08. The first-order valence-electron chi connectivity index (χ1n) is 8.59. The number of para-hydroxylation sites is 1. The highest BCUT2D eigenvalue weighted by Gasteiger charge is 2.28. The fourth-order valence-electron chi connectivity index (χ4n) is 3.38. The number of H-pyrrole nitrogens is 1. The van der Waals surface area contributed by atoms with Crippen LogP contribution in [0.2, 0.25) is 0 Å². The molecule has 2 N–H and O–H groups in total. The molecule has 1 aromatic heterocycles. The molecule has 132 valence electrons. The second-order valence-corrected chi connectivity index (χ2v) is 7.48. The van der Waals surface area contributed by atoms with Crippen molar-refractivity contribution >= 4 is 28.5 Å². The fraction of sp³-hybridized carbons (Fsp3) is 0.238. The second kappa shape index (κ2) is 5.73. The summed E-state index contributed by atoms with van der Waals surface area (Å²) in [6.07, 6.45) is 0.252. The number of carbonyl (C=O) groups excluding carboxylic acids is 2. The third kappa shape index (κ3) is 2.75. The average molecular weight is 348 g/mol. The van der Waals surface area contributed by atoms with Crippen molar-refractivity contribution in [1.29, 1.82) is 0 Å². The lowest BCUT2D eigenvalue weighted by molar-refractivity contribution is -0.115. The molecule has 1 aliphatic rings. The summed E-state index contributed by atoms with van der Waals surface area (Å²) in [6, 6.07) is 13.1. The molecule has 2 heterocycles. The molecule has 3 aromatic rings.